The van der Waals surface area contributed by atoms with E-state index in [2.05, 4.69) is 4.98 Å². The van der Waals surface area contributed by atoms with Crippen LogP contribution in [0.3, 0.4) is 0 Å². The maximum absolute atomic E-state index is 11.0. The molecule has 5 nitrogen and oxygen atoms in total. The summed E-state index contributed by atoms with van der Waals surface area (Å²) in [6, 6.07) is 5.63. The molecule has 21 heavy (non-hydrogen) atoms. The highest BCUT2D eigenvalue weighted by Crippen LogP contribution is 2.37. The fourth-order valence-electron chi connectivity index (χ4n) is 3.26. The molecule has 0 aromatic carbocycles. The van der Waals surface area contributed by atoms with E-state index in [1.54, 1.807) is 10.6 Å². The molecule has 2 aromatic rings. The second-order valence-electron chi connectivity index (χ2n) is 5.62. The van der Waals surface area contributed by atoms with Crippen molar-refractivity contribution in [3.63, 3.8) is 0 Å². The monoisotopic (exact) mass is 283 g/mol. The van der Waals surface area contributed by atoms with Crippen LogP contribution in [0.4, 0.5) is 0 Å². The average molecular weight is 283 g/mol. The first-order valence-corrected chi connectivity index (χ1v) is 7.30. The molecule has 1 saturated carbocycles. The lowest BCUT2D eigenvalue weighted by Crippen LogP contribution is -2.08. The Kier molecular flexibility index (Phi) is 3.61. The van der Waals surface area contributed by atoms with Gasteiger partial charge in [-0.3, -0.25) is 4.79 Å². The third-order valence-electron chi connectivity index (χ3n) is 4.22. The summed E-state index contributed by atoms with van der Waals surface area (Å²) >= 11 is 0. The Hall–Kier alpha value is -2.35. The predicted molar refractivity (Wildman–Crippen MR) is 77.9 cm³/mol. The van der Waals surface area contributed by atoms with Crippen LogP contribution in [-0.2, 0) is 11.3 Å². The third kappa shape index (κ3) is 2.62. The molecule has 108 valence electrons. The molecule has 0 unspecified atom stereocenters. The topological polar surface area (TPSA) is 78.9 Å². The lowest BCUT2D eigenvalue weighted by atomic mass is 9.84. The number of carboxylic acid groups (broad SMARTS) is 1. The molecule has 0 radical (unpaired) electrons. The van der Waals surface area contributed by atoms with Crippen molar-refractivity contribution >= 4 is 17.0 Å². The van der Waals surface area contributed by atoms with Crippen molar-refractivity contribution in [2.24, 2.45) is 0 Å². The molecule has 1 aliphatic carbocycles. The summed E-state index contributed by atoms with van der Waals surface area (Å²) in [6.07, 6.45) is 7.93. The summed E-state index contributed by atoms with van der Waals surface area (Å²) in [5, 5.41) is 19.0. The van der Waals surface area contributed by atoms with Crippen LogP contribution in [0.15, 0.2) is 18.3 Å². The first kappa shape index (κ1) is 13.6. The highest BCUT2D eigenvalue weighted by atomic mass is 16.4. The number of carbonyl (C=O) groups is 1. The number of carboxylic acids is 1. The number of aromatic nitrogens is 2. The zero-order valence-electron chi connectivity index (χ0n) is 11.7. The third-order valence-corrected chi connectivity index (χ3v) is 4.22. The molecule has 0 aliphatic heterocycles. The predicted octanol–water partition coefficient (Wildman–Crippen LogP) is 3.04. The van der Waals surface area contributed by atoms with Crippen LogP contribution in [0.2, 0.25) is 0 Å². The minimum atomic E-state index is -0.897. The van der Waals surface area contributed by atoms with E-state index in [0.717, 1.165) is 18.2 Å². The molecule has 0 amide bonds. The van der Waals surface area contributed by atoms with Crippen molar-refractivity contribution in [2.75, 3.05) is 0 Å². The number of nitriles is 1. The second-order valence-corrected chi connectivity index (χ2v) is 5.62. The Labute approximate surface area is 122 Å². The first-order valence-electron chi connectivity index (χ1n) is 7.30. The molecule has 2 aromatic heterocycles. The Balaban J connectivity index is 2.11. The van der Waals surface area contributed by atoms with Crippen LogP contribution in [0.25, 0.3) is 11.0 Å². The number of aliphatic carboxylic acids is 1. The quantitative estimate of drug-likeness (QED) is 0.939. The van der Waals surface area contributed by atoms with Gasteiger partial charge in [-0.1, -0.05) is 19.3 Å². The smallest absolute Gasteiger partial charge is 0.323 e. The molecule has 2 heterocycles. The van der Waals surface area contributed by atoms with Gasteiger partial charge in [0.1, 0.15) is 24.0 Å². The van der Waals surface area contributed by atoms with Gasteiger partial charge in [0.2, 0.25) is 0 Å². The molecule has 1 aliphatic rings. The SMILES string of the molecule is N#Cc1ccc2c(C3CCCCC3)cn(CC(=O)O)c2n1. The molecule has 0 spiro atoms. The van der Waals surface area contributed by atoms with E-state index in [-0.39, 0.29) is 6.54 Å². The Morgan fingerprint density at radius 3 is 2.81 bits per heavy atom. The zero-order chi connectivity index (χ0) is 14.8. The molecule has 0 atom stereocenters. The van der Waals surface area contributed by atoms with Gasteiger partial charge >= 0.3 is 5.97 Å². The maximum Gasteiger partial charge on any atom is 0.323 e. The summed E-state index contributed by atoms with van der Waals surface area (Å²) in [7, 11) is 0. The molecule has 0 saturated heterocycles. The van der Waals surface area contributed by atoms with E-state index in [4.69, 9.17) is 10.4 Å². The minimum Gasteiger partial charge on any atom is -0.480 e. The van der Waals surface area contributed by atoms with Crippen molar-refractivity contribution in [1.82, 2.24) is 9.55 Å². The molecule has 5 heteroatoms. The zero-order valence-corrected chi connectivity index (χ0v) is 11.7. The lowest BCUT2D eigenvalue weighted by Gasteiger charge is -2.21. The number of fused-ring (bicyclic) bond motifs is 1. The first-order chi connectivity index (χ1) is 10.2. The Bertz CT molecular complexity index is 721. The van der Waals surface area contributed by atoms with Crippen molar-refractivity contribution in [3.8, 4) is 6.07 Å². The highest BCUT2D eigenvalue weighted by Gasteiger charge is 2.21. The fourth-order valence-corrected chi connectivity index (χ4v) is 3.26. The fraction of sp³-hybridized carbons (Fsp3) is 0.438. The van der Waals surface area contributed by atoms with E-state index in [0.29, 0.717) is 17.3 Å². The standard InChI is InChI=1S/C16H17N3O2/c17-8-12-6-7-13-14(11-4-2-1-3-5-11)9-19(10-15(20)21)16(13)18-12/h6-7,9,11H,1-5,10H2,(H,20,21). The Morgan fingerprint density at radius 2 is 2.14 bits per heavy atom. The van der Waals surface area contributed by atoms with Crippen LogP contribution < -0.4 is 0 Å². The van der Waals surface area contributed by atoms with Crippen LogP contribution in [0.5, 0.6) is 0 Å². The van der Waals surface area contributed by atoms with Crippen LogP contribution in [0.1, 0.15) is 49.3 Å². The van der Waals surface area contributed by atoms with Crippen LogP contribution >= 0.6 is 0 Å². The van der Waals surface area contributed by atoms with Crippen molar-refractivity contribution in [1.29, 1.82) is 5.26 Å². The molecule has 0 bridgehead atoms. The highest BCUT2D eigenvalue weighted by molar-refractivity contribution is 5.83. The van der Waals surface area contributed by atoms with Gasteiger partial charge in [0, 0.05) is 11.6 Å². The summed E-state index contributed by atoms with van der Waals surface area (Å²) in [4.78, 5) is 15.3. The van der Waals surface area contributed by atoms with Gasteiger partial charge in [-0.05, 0) is 36.5 Å². The number of rotatable bonds is 3. The molecule has 3 rings (SSSR count). The number of pyridine rings is 1. The van der Waals surface area contributed by atoms with E-state index in [1.165, 1.54) is 24.8 Å². The van der Waals surface area contributed by atoms with Gasteiger partial charge in [0.05, 0.1) is 0 Å². The van der Waals surface area contributed by atoms with E-state index < -0.39 is 5.97 Å². The van der Waals surface area contributed by atoms with Gasteiger partial charge in [-0.25, -0.2) is 4.98 Å². The number of hydrogen-bond donors (Lipinski definition) is 1. The maximum atomic E-state index is 11.0. The lowest BCUT2D eigenvalue weighted by molar-refractivity contribution is -0.137. The van der Waals surface area contributed by atoms with Crippen molar-refractivity contribution in [3.05, 3.63) is 29.6 Å². The molecular weight excluding hydrogens is 266 g/mol. The summed E-state index contributed by atoms with van der Waals surface area (Å²) < 4.78 is 1.66. The van der Waals surface area contributed by atoms with Gasteiger partial charge in [-0.2, -0.15) is 5.26 Å². The summed E-state index contributed by atoms with van der Waals surface area (Å²) in [6.45, 7) is -0.120. The largest absolute Gasteiger partial charge is 0.480 e. The molecule has 1 fully saturated rings. The van der Waals surface area contributed by atoms with Gasteiger partial charge < -0.3 is 9.67 Å². The van der Waals surface area contributed by atoms with Crippen molar-refractivity contribution < 1.29 is 9.90 Å². The van der Waals surface area contributed by atoms with Crippen molar-refractivity contribution in [2.45, 2.75) is 44.6 Å². The van der Waals surface area contributed by atoms with E-state index >= 15 is 0 Å². The summed E-state index contributed by atoms with van der Waals surface area (Å²) in [5.41, 5.74) is 2.11. The Morgan fingerprint density at radius 1 is 1.38 bits per heavy atom. The second kappa shape index (κ2) is 5.57. The van der Waals surface area contributed by atoms with Gasteiger partial charge in [-0.15, -0.1) is 0 Å². The van der Waals surface area contributed by atoms with Gasteiger partial charge in [0.15, 0.2) is 0 Å². The minimum absolute atomic E-state index is 0.120. The van der Waals surface area contributed by atoms with Crippen LogP contribution in [0, 0.1) is 11.3 Å². The molecular formula is C16H17N3O2. The van der Waals surface area contributed by atoms with Crippen LogP contribution in [-0.4, -0.2) is 20.6 Å². The summed E-state index contributed by atoms with van der Waals surface area (Å²) in [5.74, 6) is -0.419. The average Bonchev–Trinajstić information content (AvgIpc) is 2.85. The molecule has 1 N–H and O–H groups in total. The normalized spacial score (nSPS) is 16.0. The van der Waals surface area contributed by atoms with E-state index in [1.807, 2.05) is 18.3 Å². The van der Waals surface area contributed by atoms with Gasteiger partial charge in [0.25, 0.3) is 0 Å². The number of nitrogens with zero attached hydrogens (tertiary/aromatic N) is 3. The van der Waals surface area contributed by atoms with E-state index in [9.17, 15) is 4.79 Å². The number of hydrogen-bond acceptors (Lipinski definition) is 3.